The standard InChI is InChI=1S/C8H11NO2/c10-8(11)7-5-1-3-6(9-7)4-2-5/h1,3,5-7,9H,2,4H2,(H,10,11). The Morgan fingerprint density at radius 1 is 1.45 bits per heavy atom. The van der Waals surface area contributed by atoms with Crippen molar-refractivity contribution in [1.82, 2.24) is 5.32 Å². The molecule has 0 aromatic rings. The first-order valence-corrected chi connectivity index (χ1v) is 3.94. The van der Waals surface area contributed by atoms with Crippen LogP contribution in [0.4, 0.5) is 0 Å². The zero-order valence-corrected chi connectivity index (χ0v) is 6.16. The summed E-state index contributed by atoms with van der Waals surface area (Å²) < 4.78 is 0. The summed E-state index contributed by atoms with van der Waals surface area (Å²) in [5.74, 6) is -0.499. The highest BCUT2D eigenvalue weighted by Gasteiger charge is 2.35. The molecule has 2 heterocycles. The normalized spacial score (nSPS) is 40.9. The Morgan fingerprint density at radius 3 is 2.55 bits per heavy atom. The number of carboxylic acids is 1. The number of nitrogens with one attached hydrogen (secondary N) is 1. The van der Waals surface area contributed by atoms with E-state index in [1.807, 2.05) is 6.08 Å². The molecule has 3 nitrogen and oxygen atoms in total. The molecular weight excluding hydrogens is 142 g/mol. The second-order valence-electron chi connectivity index (χ2n) is 3.22. The van der Waals surface area contributed by atoms with Crippen molar-refractivity contribution in [3.63, 3.8) is 0 Å². The summed E-state index contributed by atoms with van der Waals surface area (Å²) in [6.07, 6.45) is 6.22. The van der Waals surface area contributed by atoms with E-state index in [9.17, 15) is 4.79 Å². The van der Waals surface area contributed by atoms with Gasteiger partial charge in [0.05, 0.1) is 0 Å². The molecule has 0 amide bonds. The maximum Gasteiger partial charge on any atom is 0.321 e. The molecule has 2 bridgehead atoms. The summed E-state index contributed by atoms with van der Waals surface area (Å²) in [5.41, 5.74) is 0. The Labute approximate surface area is 65.1 Å². The van der Waals surface area contributed by atoms with Crippen molar-refractivity contribution in [2.75, 3.05) is 0 Å². The maximum absolute atomic E-state index is 10.6. The van der Waals surface area contributed by atoms with E-state index in [4.69, 9.17) is 5.11 Å². The largest absolute Gasteiger partial charge is 0.480 e. The number of rotatable bonds is 1. The molecule has 11 heavy (non-hydrogen) atoms. The van der Waals surface area contributed by atoms with Crippen LogP contribution >= 0.6 is 0 Å². The van der Waals surface area contributed by atoms with Crippen LogP contribution in [0.5, 0.6) is 0 Å². The van der Waals surface area contributed by atoms with Crippen molar-refractivity contribution >= 4 is 5.97 Å². The Balaban J connectivity index is 2.17. The van der Waals surface area contributed by atoms with Gasteiger partial charge in [0.25, 0.3) is 0 Å². The average molecular weight is 153 g/mol. The summed E-state index contributed by atoms with van der Waals surface area (Å²) in [5, 5.41) is 11.8. The van der Waals surface area contributed by atoms with Crippen molar-refractivity contribution in [3.05, 3.63) is 12.2 Å². The average Bonchev–Trinajstić information content (AvgIpc) is 2.06. The first-order valence-electron chi connectivity index (χ1n) is 3.94. The minimum atomic E-state index is -0.718. The first-order chi connectivity index (χ1) is 5.27. The van der Waals surface area contributed by atoms with Crippen molar-refractivity contribution in [1.29, 1.82) is 0 Å². The smallest absolute Gasteiger partial charge is 0.321 e. The summed E-state index contributed by atoms with van der Waals surface area (Å²) in [6.45, 7) is 0. The van der Waals surface area contributed by atoms with Crippen LogP contribution < -0.4 is 5.32 Å². The molecular formula is C8H11NO2. The first kappa shape index (κ1) is 6.85. The van der Waals surface area contributed by atoms with Crippen LogP contribution in [-0.2, 0) is 4.79 Å². The third-order valence-electron chi connectivity index (χ3n) is 2.49. The Hall–Kier alpha value is -0.830. The SMILES string of the molecule is O=C(O)C1NC2C=CC1CC2. The summed E-state index contributed by atoms with van der Waals surface area (Å²) >= 11 is 0. The molecule has 3 atom stereocenters. The second-order valence-corrected chi connectivity index (χ2v) is 3.22. The minimum Gasteiger partial charge on any atom is -0.480 e. The van der Waals surface area contributed by atoms with E-state index in [2.05, 4.69) is 11.4 Å². The lowest BCUT2D eigenvalue weighted by atomic mass is 9.82. The van der Waals surface area contributed by atoms with E-state index in [0.717, 1.165) is 12.8 Å². The molecule has 3 rings (SSSR count). The van der Waals surface area contributed by atoms with Crippen LogP contribution in [0.3, 0.4) is 0 Å². The van der Waals surface area contributed by atoms with Gasteiger partial charge in [-0.05, 0) is 12.8 Å². The zero-order valence-electron chi connectivity index (χ0n) is 6.16. The van der Waals surface area contributed by atoms with Gasteiger partial charge >= 0.3 is 5.97 Å². The van der Waals surface area contributed by atoms with E-state index < -0.39 is 5.97 Å². The summed E-state index contributed by atoms with van der Waals surface area (Å²) in [4.78, 5) is 10.6. The Kier molecular flexibility index (Phi) is 1.46. The highest BCUT2D eigenvalue weighted by atomic mass is 16.4. The molecule has 3 heteroatoms. The molecule has 60 valence electrons. The molecule has 2 aliphatic heterocycles. The number of aliphatic carboxylic acids is 1. The van der Waals surface area contributed by atoms with Crippen molar-refractivity contribution < 1.29 is 9.90 Å². The summed E-state index contributed by atoms with van der Waals surface area (Å²) in [7, 11) is 0. The molecule has 0 radical (unpaired) electrons. The van der Waals surface area contributed by atoms with Gasteiger partial charge in [0.1, 0.15) is 6.04 Å². The van der Waals surface area contributed by atoms with Gasteiger partial charge in [-0.1, -0.05) is 12.2 Å². The van der Waals surface area contributed by atoms with Crippen LogP contribution in [-0.4, -0.2) is 23.2 Å². The van der Waals surface area contributed by atoms with E-state index in [1.54, 1.807) is 0 Å². The van der Waals surface area contributed by atoms with Crippen LogP contribution in [0.15, 0.2) is 12.2 Å². The van der Waals surface area contributed by atoms with Gasteiger partial charge in [-0.3, -0.25) is 10.1 Å². The molecule has 3 unspecified atom stereocenters. The van der Waals surface area contributed by atoms with Gasteiger partial charge in [0.2, 0.25) is 0 Å². The van der Waals surface area contributed by atoms with Crippen molar-refractivity contribution in [2.24, 2.45) is 5.92 Å². The number of carboxylic acid groups (broad SMARTS) is 1. The van der Waals surface area contributed by atoms with Crippen LogP contribution in [0.2, 0.25) is 0 Å². The zero-order chi connectivity index (χ0) is 7.84. The van der Waals surface area contributed by atoms with Gasteiger partial charge < -0.3 is 5.11 Å². The summed E-state index contributed by atoms with van der Waals surface area (Å²) in [6, 6.07) is -0.0279. The minimum absolute atomic E-state index is 0.220. The molecule has 3 aliphatic rings. The van der Waals surface area contributed by atoms with E-state index in [0.29, 0.717) is 6.04 Å². The number of carbonyl (C=O) groups is 1. The molecule has 0 aromatic carbocycles. The molecule has 0 spiro atoms. The van der Waals surface area contributed by atoms with Crippen LogP contribution in [0, 0.1) is 5.92 Å². The van der Waals surface area contributed by atoms with E-state index >= 15 is 0 Å². The molecule has 1 fully saturated rings. The van der Waals surface area contributed by atoms with E-state index in [-0.39, 0.29) is 12.0 Å². The van der Waals surface area contributed by atoms with Gasteiger partial charge in [0.15, 0.2) is 0 Å². The van der Waals surface area contributed by atoms with Gasteiger partial charge in [0, 0.05) is 12.0 Å². The lowest BCUT2D eigenvalue weighted by Gasteiger charge is -2.36. The maximum atomic E-state index is 10.6. The van der Waals surface area contributed by atoms with Gasteiger partial charge in [-0.25, -0.2) is 0 Å². The third-order valence-corrected chi connectivity index (χ3v) is 2.49. The molecule has 0 saturated carbocycles. The number of piperidine rings is 1. The topological polar surface area (TPSA) is 49.3 Å². The molecule has 2 N–H and O–H groups in total. The monoisotopic (exact) mass is 153 g/mol. The Bertz CT molecular complexity index is 212. The molecule has 1 aliphatic carbocycles. The quantitative estimate of drug-likeness (QED) is 0.535. The fourth-order valence-electron chi connectivity index (χ4n) is 1.87. The van der Waals surface area contributed by atoms with Crippen molar-refractivity contribution in [3.8, 4) is 0 Å². The fourth-order valence-corrected chi connectivity index (χ4v) is 1.87. The lowest BCUT2D eigenvalue weighted by Crippen LogP contribution is -2.53. The van der Waals surface area contributed by atoms with E-state index in [1.165, 1.54) is 0 Å². The predicted octanol–water partition coefficient (Wildman–Crippen LogP) is 0.378. The molecule has 1 saturated heterocycles. The number of hydrogen-bond donors (Lipinski definition) is 2. The highest BCUT2D eigenvalue weighted by Crippen LogP contribution is 2.27. The molecule has 0 aromatic heterocycles. The predicted molar refractivity (Wildman–Crippen MR) is 40.2 cm³/mol. The van der Waals surface area contributed by atoms with Crippen molar-refractivity contribution in [2.45, 2.75) is 24.9 Å². The van der Waals surface area contributed by atoms with Gasteiger partial charge in [-0.15, -0.1) is 0 Å². The Morgan fingerprint density at radius 2 is 2.27 bits per heavy atom. The number of fused-ring (bicyclic) bond motifs is 2. The van der Waals surface area contributed by atoms with Crippen LogP contribution in [0.25, 0.3) is 0 Å². The second kappa shape index (κ2) is 2.34. The lowest BCUT2D eigenvalue weighted by molar-refractivity contribution is -0.141. The number of hydrogen-bond acceptors (Lipinski definition) is 2. The highest BCUT2D eigenvalue weighted by molar-refractivity contribution is 5.74. The third kappa shape index (κ3) is 1.05. The fraction of sp³-hybridized carbons (Fsp3) is 0.625. The van der Waals surface area contributed by atoms with Crippen LogP contribution in [0.1, 0.15) is 12.8 Å². The van der Waals surface area contributed by atoms with Gasteiger partial charge in [-0.2, -0.15) is 0 Å².